The van der Waals surface area contributed by atoms with Crippen LogP contribution in [0.2, 0.25) is 0 Å². The summed E-state index contributed by atoms with van der Waals surface area (Å²) in [7, 11) is 0. The predicted octanol–water partition coefficient (Wildman–Crippen LogP) is 2.66. The maximum absolute atomic E-state index is 11.4. The monoisotopic (exact) mass is 227 g/mol. The standard InChI is InChI=1S/C13H25NO2/c1-4-11-5-7-13(8-6-11,12(15)16)14-9-10(2)3/h10-11,14H,4-9H2,1-3H3,(H,15,16). The number of aliphatic carboxylic acids is 1. The Morgan fingerprint density at radius 2 is 2.00 bits per heavy atom. The topological polar surface area (TPSA) is 49.3 Å². The van der Waals surface area contributed by atoms with Gasteiger partial charge in [0, 0.05) is 0 Å². The average Bonchev–Trinajstić information content (AvgIpc) is 2.26. The Kier molecular flexibility index (Phi) is 4.78. The van der Waals surface area contributed by atoms with E-state index in [0.717, 1.165) is 38.1 Å². The van der Waals surface area contributed by atoms with Gasteiger partial charge in [0.1, 0.15) is 5.54 Å². The van der Waals surface area contributed by atoms with E-state index in [1.807, 2.05) is 0 Å². The molecule has 1 saturated carbocycles. The summed E-state index contributed by atoms with van der Waals surface area (Å²) in [6.45, 7) is 7.21. The Labute approximate surface area is 98.6 Å². The maximum Gasteiger partial charge on any atom is 0.323 e. The van der Waals surface area contributed by atoms with Gasteiger partial charge in [0.25, 0.3) is 0 Å². The highest BCUT2D eigenvalue weighted by Gasteiger charge is 2.41. The summed E-state index contributed by atoms with van der Waals surface area (Å²) >= 11 is 0. The third-order valence-corrected chi connectivity index (χ3v) is 3.79. The van der Waals surface area contributed by atoms with Crippen molar-refractivity contribution in [1.82, 2.24) is 5.32 Å². The molecule has 0 bridgehead atoms. The van der Waals surface area contributed by atoms with E-state index < -0.39 is 11.5 Å². The van der Waals surface area contributed by atoms with E-state index in [1.165, 1.54) is 6.42 Å². The second-order valence-corrected chi connectivity index (χ2v) is 5.51. The number of rotatable bonds is 5. The molecule has 0 aromatic heterocycles. The van der Waals surface area contributed by atoms with Gasteiger partial charge in [-0.2, -0.15) is 0 Å². The van der Waals surface area contributed by atoms with E-state index in [2.05, 4.69) is 26.1 Å². The predicted molar refractivity (Wildman–Crippen MR) is 65.5 cm³/mol. The van der Waals surface area contributed by atoms with E-state index in [4.69, 9.17) is 0 Å². The average molecular weight is 227 g/mol. The minimum absolute atomic E-state index is 0.500. The molecule has 0 aliphatic heterocycles. The zero-order valence-electron chi connectivity index (χ0n) is 10.8. The van der Waals surface area contributed by atoms with Crippen molar-refractivity contribution in [3.8, 4) is 0 Å². The van der Waals surface area contributed by atoms with E-state index in [-0.39, 0.29) is 0 Å². The molecule has 0 unspecified atom stereocenters. The summed E-state index contributed by atoms with van der Waals surface area (Å²) in [6, 6.07) is 0. The first-order valence-corrected chi connectivity index (χ1v) is 6.48. The molecule has 0 saturated heterocycles. The SMILES string of the molecule is CCC1CCC(NCC(C)C)(C(=O)O)CC1. The fourth-order valence-electron chi connectivity index (χ4n) is 2.44. The van der Waals surface area contributed by atoms with Crippen molar-refractivity contribution >= 4 is 5.97 Å². The third kappa shape index (κ3) is 3.21. The number of nitrogens with one attached hydrogen (secondary N) is 1. The van der Waals surface area contributed by atoms with Gasteiger partial charge in [-0.1, -0.05) is 27.2 Å². The van der Waals surface area contributed by atoms with Gasteiger partial charge >= 0.3 is 5.97 Å². The lowest BCUT2D eigenvalue weighted by Gasteiger charge is -2.38. The van der Waals surface area contributed by atoms with Crippen LogP contribution in [0.1, 0.15) is 52.9 Å². The Morgan fingerprint density at radius 3 is 2.38 bits per heavy atom. The molecule has 0 aromatic rings. The van der Waals surface area contributed by atoms with Crippen LogP contribution in [0.4, 0.5) is 0 Å². The Hall–Kier alpha value is -0.570. The Morgan fingerprint density at radius 1 is 1.44 bits per heavy atom. The third-order valence-electron chi connectivity index (χ3n) is 3.79. The summed E-state index contributed by atoms with van der Waals surface area (Å²) in [5.74, 6) is 0.566. The molecular weight excluding hydrogens is 202 g/mol. The van der Waals surface area contributed by atoms with Crippen molar-refractivity contribution in [2.24, 2.45) is 11.8 Å². The van der Waals surface area contributed by atoms with Crippen LogP contribution in [-0.4, -0.2) is 23.2 Å². The van der Waals surface area contributed by atoms with Gasteiger partial charge < -0.3 is 10.4 Å². The molecule has 0 heterocycles. The zero-order chi connectivity index (χ0) is 12.2. The largest absolute Gasteiger partial charge is 0.480 e. The molecule has 16 heavy (non-hydrogen) atoms. The lowest BCUT2D eigenvalue weighted by atomic mass is 9.75. The fraction of sp³-hybridized carbons (Fsp3) is 0.923. The van der Waals surface area contributed by atoms with Crippen LogP contribution in [-0.2, 0) is 4.79 Å². The minimum atomic E-state index is -0.664. The highest BCUT2D eigenvalue weighted by atomic mass is 16.4. The molecule has 0 atom stereocenters. The van der Waals surface area contributed by atoms with Crippen LogP contribution in [0.5, 0.6) is 0 Å². The number of hydrogen-bond donors (Lipinski definition) is 2. The number of carboxylic acid groups (broad SMARTS) is 1. The first-order chi connectivity index (χ1) is 7.50. The van der Waals surface area contributed by atoms with Crippen LogP contribution >= 0.6 is 0 Å². The fourth-order valence-corrected chi connectivity index (χ4v) is 2.44. The zero-order valence-corrected chi connectivity index (χ0v) is 10.8. The maximum atomic E-state index is 11.4. The first kappa shape index (κ1) is 13.5. The van der Waals surface area contributed by atoms with Gasteiger partial charge in [-0.3, -0.25) is 4.79 Å². The second-order valence-electron chi connectivity index (χ2n) is 5.51. The number of carbonyl (C=O) groups is 1. The summed E-state index contributed by atoms with van der Waals surface area (Å²) in [5, 5.41) is 12.7. The second kappa shape index (κ2) is 5.67. The van der Waals surface area contributed by atoms with Crippen LogP contribution < -0.4 is 5.32 Å². The molecular formula is C13H25NO2. The molecule has 0 radical (unpaired) electrons. The number of carboxylic acids is 1. The molecule has 3 heteroatoms. The van der Waals surface area contributed by atoms with Crippen molar-refractivity contribution in [3.05, 3.63) is 0 Å². The van der Waals surface area contributed by atoms with E-state index in [1.54, 1.807) is 0 Å². The van der Waals surface area contributed by atoms with E-state index >= 15 is 0 Å². The van der Waals surface area contributed by atoms with Gasteiger partial charge in [0.2, 0.25) is 0 Å². The minimum Gasteiger partial charge on any atom is -0.480 e. The lowest BCUT2D eigenvalue weighted by molar-refractivity contribution is -0.147. The van der Waals surface area contributed by atoms with Crippen LogP contribution in [0.3, 0.4) is 0 Å². The van der Waals surface area contributed by atoms with E-state index in [0.29, 0.717) is 5.92 Å². The molecule has 1 fully saturated rings. The van der Waals surface area contributed by atoms with Gasteiger partial charge in [0.05, 0.1) is 0 Å². The van der Waals surface area contributed by atoms with Gasteiger partial charge in [-0.25, -0.2) is 0 Å². The molecule has 1 aliphatic carbocycles. The van der Waals surface area contributed by atoms with Crippen molar-refractivity contribution in [1.29, 1.82) is 0 Å². The van der Waals surface area contributed by atoms with Crippen LogP contribution in [0.25, 0.3) is 0 Å². The summed E-state index contributed by atoms with van der Waals surface area (Å²) < 4.78 is 0. The smallest absolute Gasteiger partial charge is 0.323 e. The molecule has 1 rings (SSSR count). The van der Waals surface area contributed by atoms with Crippen molar-refractivity contribution in [2.75, 3.05) is 6.54 Å². The summed E-state index contributed by atoms with van der Waals surface area (Å²) in [5.41, 5.74) is -0.643. The quantitative estimate of drug-likeness (QED) is 0.759. The molecule has 3 nitrogen and oxygen atoms in total. The highest BCUT2D eigenvalue weighted by molar-refractivity contribution is 5.78. The normalized spacial score (nSPS) is 30.6. The molecule has 0 aromatic carbocycles. The van der Waals surface area contributed by atoms with Gasteiger partial charge in [0.15, 0.2) is 0 Å². The Bertz CT molecular complexity index is 230. The van der Waals surface area contributed by atoms with Crippen LogP contribution in [0.15, 0.2) is 0 Å². The van der Waals surface area contributed by atoms with Crippen molar-refractivity contribution < 1.29 is 9.90 Å². The molecule has 0 spiro atoms. The van der Waals surface area contributed by atoms with Crippen molar-refractivity contribution in [3.63, 3.8) is 0 Å². The van der Waals surface area contributed by atoms with Gasteiger partial charge in [-0.15, -0.1) is 0 Å². The Balaban J connectivity index is 2.58. The molecule has 94 valence electrons. The first-order valence-electron chi connectivity index (χ1n) is 6.48. The highest BCUT2D eigenvalue weighted by Crippen LogP contribution is 2.34. The molecule has 2 N–H and O–H groups in total. The van der Waals surface area contributed by atoms with E-state index in [9.17, 15) is 9.90 Å². The molecule has 0 amide bonds. The summed E-state index contributed by atoms with van der Waals surface area (Å²) in [6.07, 6.45) is 4.85. The van der Waals surface area contributed by atoms with Crippen LogP contribution in [0, 0.1) is 11.8 Å². The van der Waals surface area contributed by atoms with Crippen molar-refractivity contribution in [2.45, 2.75) is 58.4 Å². The van der Waals surface area contributed by atoms with Gasteiger partial charge in [-0.05, 0) is 44.1 Å². The summed E-state index contributed by atoms with van der Waals surface area (Å²) in [4.78, 5) is 11.4. The lowest BCUT2D eigenvalue weighted by Crippen LogP contribution is -2.55. The number of hydrogen-bond acceptors (Lipinski definition) is 2. The molecule has 1 aliphatic rings.